The van der Waals surface area contributed by atoms with Crippen molar-refractivity contribution in [3.63, 3.8) is 0 Å². The van der Waals surface area contributed by atoms with E-state index in [4.69, 9.17) is 16.3 Å². The molecule has 0 aliphatic rings. The van der Waals surface area contributed by atoms with Gasteiger partial charge in [0.25, 0.3) is 0 Å². The van der Waals surface area contributed by atoms with Crippen LogP contribution in [0.5, 0.6) is 5.75 Å². The van der Waals surface area contributed by atoms with Crippen molar-refractivity contribution in [3.8, 4) is 5.75 Å². The first-order valence-electron chi connectivity index (χ1n) is 10.4. The predicted octanol–water partition coefficient (Wildman–Crippen LogP) is 5.58. The molecule has 0 radical (unpaired) electrons. The van der Waals surface area contributed by atoms with E-state index in [9.17, 15) is 9.90 Å². The molecule has 0 fully saturated rings. The number of rotatable bonds is 9. The molecule has 1 heterocycles. The van der Waals surface area contributed by atoms with Crippen LogP contribution in [0.3, 0.4) is 0 Å². The SMILES string of the molecule is Cc1c(CNCc2ccc(OC(C)C)cc2)c(C(=O)O)c(C)n1Cc1cccc(Cl)c1. The lowest BCUT2D eigenvalue weighted by molar-refractivity contribution is 0.0694. The number of hydrogen-bond acceptors (Lipinski definition) is 3. The van der Waals surface area contributed by atoms with Gasteiger partial charge in [0.2, 0.25) is 0 Å². The molecule has 0 atom stereocenters. The number of ether oxygens (including phenoxy) is 1. The summed E-state index contributed by atoms with van der Waals surface area (Å²) in [6.45, 7) is 9.52. The highest BCUT2D eigenvalue weighted by atomic mass is 35.5. The summed E-state index contributed by atoms with van der Waals surface area (Å²) in [6, 6.07) is 15.6. The topological polar surface area (TPSA) is 63.5 Å². The normalized spacial score (nSPS) is 11.2. The van der Waals surface area contributed by atoms with Gasteiger partial charge in [-0.2, -0.15) is 0 Å². The summed E-state index contributed by atoms with van der Waals surface area (Å²) in [5.41, 5.74) is 5.02. The first kappa shape index (κ1) is 22.9. The molecule has 0 amide bonds. The monoisotopic (exact) mass is 440 g/mol. The lowest BCUT2D eigenvalue weighted by Crippen LogP contribution is -2.15. The first-order valence-corrected chi connectivity index (χ1v) is 10.8. The van der Waals surface area contributed by atoms with Gasteiger partial charge in [0.05, 0.1) is 11.7 Å². The third kappa shape index (κ3) is 5.69. The van der Waals surface area contributed by atoms with Crippen LogP contribution in [-0.4, -0.2) is 21.7 Å². The number of aromatic nitrogens is 1. The van der Waals surface area contributed by atoms with Crippen molar-refractivity contribution < 1.29 is 14.6 Å². The van der Waals surface area contributed by atoms with E-state index in [2.05, 4.69) is 5.32 Å². The first-order chi connectivity index (χ1) is 14.8. The van der Waals surface area contributed by atoms with E-state index in [0.717, 1.165) is 33.8 Å². The molecule has 31 heavy (non-hydrogen) atoms. The van der Waals surface area contributed by atoms with Crippen molar-refractivity contribution in [1.29, 1.82) is 0 Å². The van der Waals surface area contributed by atoms with Gasteiger partial charge in [-0.3, -0.25) is 0 Å². The Morgan fingerprint density at radius 2 is 1.77 bits per heavy atom. The van der Waals surface area contributed by atoms with Gasteiger partial charge in [-0.05, 0) is 63.1 Å². The largest absolute Gasteiger partial charge is 0.491 e. The quantitative estimate of drug-likeness (QED) is 0.455. The summed E-state index contributed by atoms with van der Waals surface area (Å²) < 4.78 is 7.72. The van der Waals surface area contributed by atoms with Crippen LogP contribution in [0.4, 0.5) is 0 Å². The fraction of sp³-hybridized carbons (Fsp3) is 0.320. The zero-order chi connectivity index (χ0) is 22.5. The number of carbonyl (C=O) groups is 1. The molecule has 0 unspecified atom stereocenters. The van der Waals surface area contributed by atoms with Crippen molar-refractivity contribution in [2.45, 2.75) is 53.4 Å². The Hall–Kier alpha value is -2.76. The van der Waals surface area contributed by atoms with E-state index in [1.54, 1.807) is 0 Å². The van der Waals surface area contributed by atoms with Crippen LogP contribution in [0.2, 0.25) is 5.02 Å². The van der Waals surface area contributed by atoms with Gasteiger partial charge in [0.1, 0.15) is 5.75 Å². The molecule has 0 aliphatic carbocycles. The maximum Gasteiger partial charge on any atom is 0.337 e. The highest BCUT2D eigenvalue weighted by Crippen LogP contribution is 2.25. The molecular weight excluding hydrogens is 412 g/mol. The summed E-state index contributed by atoms with van der Waals surface area (Å²) in [5.74, 6) is -0.0612. The molecule has 2 N–H and O–H groups in total. The Kier molecular flexibility index (Phi) is 7.42. The molecule has 0 saturated heterocycles. The van der Waals surface area contributed by atoms with E-state index in [1.165, 1.54) is 0 Å². The summed E-state index contributed by atoms with van der Waals surface area (Å²) in [6.07, 6.45) is 0.139. The molecule has 5 nitrogen and oxygen atoms in total. The summed E-state index contributed by atoms with van der Waals surface area (Å²) in [4.78, 5) is 12.0. The minimum absolute atomic E-state index is 0.139. The van der Waals surface area contributed by atoms with E-state index >= 15 is 0 Å². The second kappa shape index (κ2) is 10.0. The van der Waals surface area contributed by atoms with Crippen molar-refractivity contribution in [2.24, 2.45) is 0 Å². The molecule has 3 rings (SSSR count). The smallest absolute Gasteiger partial charge is 0.337 e. The van der Waals surface area contributed by atoms with Gasteiger partial charge in [-0.25, -0.2) is 4.79 Å². The van der Waals surface area contributed by atoms with Crippen molar-refractivity contribution in [3.05, 3.63) is 87.2 Å². The standard InChI is InChI=1S/C25H29ClN2O3/c1-16(2)31-22-10-8-19(9-11-22)13-27-14-23-17(3)28(18(4)24(23)25(29)30)15-20-6-5-7-21(26)12-20/h5-12,16,27H,13-15H2,1-4H3,(H,29,30). The number of carboxylic acid groups (broad SMARTS) is 1. The average Bonchev–Trinajstić information content (AvgIpc) is 2.93. The summed E-state index contributed by atoms with van der Waals surface area (Å²) in [7, 11) is 0. The third-order valence-corrected chi connectivity index (χ3v) is 5.51. The van der Waals surface area contributed by atoms with Crippen molar-refractivity contribution in [1.82, 2.24) is 9.88 Å². The number of carboxylic acids is 1. The van der Waals surface area contributed by atoms with Gasteiger partial charge >= 0.3 is 5.97 Å². The van der Waals surface area contributed by atoms with E-state index in [0.29, 0.717) is 30.2 Å². The highest BCUT2D eigenvalue weighted by molar-refractivity contribution is 6.30. The van der Waals surface area contributed by atoms with Crippen molar-refractivity contribution in [2.75, 3.05) is 0 Å². The number of halogens is 1. The Balaban J connectivity index is 1.75. The molecule has 1 aromatic heterocycles. The molecule has 0 bridgehead atoms. The molecule has 0 spiro atoms. The minimum atomic E-state index is -0.905. The number of nitrogens with zero attached hydrogens (tertiary/aromatic N) is 1. The predicted molar refractivity (Wildman–Crippen MR) is 124 cm³/mol. The minimum Gasteiger partial charge on any atom is -0.491 e. The van der Waals surface area contributed by atoms with Crippen molar-refractivity contribution >= 4 is 17.6 Å². The Labute approximate surface area is 188 Å². The third-order valence-electron chi connectivity index (χ3n) is 5.28. The lowest BCUT2D eigenvalue weighted by atomic mass is 10.1. The van der Waals surface area contributed by atoms with Crippen LogP contribution in [0.15, 0.2) is 48.5 Å². The molecular formula is C25H29ClN2O3. The second-order valence-corrected chi connectivity index (χ2v) is 8.40. The molecule has 0 aliphatic heterocycles. The van der Waals surface area contributed by atoms with Crippen LogP contribution < -0.4 is 10.1 Å². The highest BCUT2D eigenvalue weighted by Gasteiger charge is 2.22. The van der Waals surface area contributed by atoms with Crippen LogP contribution in [0.25, 0.3) is 0 Å². The summed E-state index contributed by atoms with van der Waals surface area (Å²) in [5, 5.41) is 13.9. The molecule has 164 valence electrons. The number of aromatic carboxylic acids is 1. The fourth-order valence-electron chi connectivity index (χ4n) is 3.79. The molecule has 3 aromatic rings. The number of hydrogen-bond donors (Lipinski definition) is 2. The zero-order valence-electron chi connectivity index (χ0n) is 18.4. The van der Waals surface area contributed by atoms with Crippen LogP contribution in [-0.2, 0) is 19.6 Å². The van der Waals surface area contributed by atoms with Crippen LogP contribution in [0, 0.1) is 13.8 Å². The van der Waals surface area contributed by atoms with Gasteiger partial charge in [-0.15, -0.1) is 0 Å². The van der Waals surface area contributed by atoms with Crippen LogP contribution in [0.1, 0.15) is 52.3 Å². The number of benzene rings is 2. The Morgan fingerprint density at radius 3 is 2.39 bits per heavy atom. The molecule has 6 heteroatoms. The van der Waals surface area contributed by atoms with Gasteiger partial charge < -0.3 is 19.7 Å². The van der Waals surface area contributed by atoms with Gasteiger partial charge in [0, 0.05) is 41.6 Å². The summed E-state index contributed by atoms with van der Waals surface area (Å²) >= 11 is 6.12. The number of nitrogens with one attached hydrogen (secondary N) is 1. The van der Waals surface area contributed by atoms with E-state index in [1.807, 2.05) is 80.8 Å². The average molecular weight is 441 g/mol. The Bertz CT molecular complexity index is 1060. The second-order valence-electron chi connectivity index (χ2n) is 7.96. The fourth-order valence-corrected chi connectivity index (χ4v) is 4.01. The van der Waals surface area contributed by atoms with Gasteiger partial charge in [0.15, 0.2) is 0 Å². The van der Waals surface area contributed by atoms with Crippen LogP contribution >= 0.6 is 11.6 Å². The van der Waals surface area contributed by atoms with Gasteiger partial charge in [-0.1, -0.05) is 35.9 Å². The van der Waals surface area contributed by atoms with E-state index < -0.39 is 5.97 Å². The maximum atomic E-state index is 12.0. The zero-order valence-corrected chi connectivity index (χ0v) is 19.2. The Morgan fingerprint density at radius 1 is 1.06 bits per heavy atom. The van der Waals surface area contributed by atoms with E-state index in [-0.39, 0.29) is 6.10 Å². The molecule has 2 aromatic carbocycles. The maximum absolute atomic E-state index is 12.0. The lowest BCUT2D eigenvalue weighted by Gasteiger charge is -2.11. The molecule has 0 saturated carbocycles.